The van der Waals surface area contributed by atoms with Crippen molar-refractivity contribution in [2.45, 2.75) is 11.8 Å². The molecule has 0 aliphatic heterocycles. The number of H-pyrrole nitrogens is 1. The van der Waals surface area contributed by atoms with Gasteiger partial charge in [0.2, 0.25) is 5.91 Å². The maximum Gasteiger partial charge on any atom is 0.355 e. The Balaban J connectivity index is 2.56. The van der Waals surface area contributed by atoms with E-state index in [9.17, 15) is 9.59 Å². The number of carbonyl (C=O) groups excluding carboxylic acids is 1. The average molecular weight is 322 g/mol. The van der Waals surface area contributed by atoms with E-state index in [-0.39, 0.29) is 5.69 Å². The predicted octanol–water partition coefficient (Wildman–Crippen LogP) is 0.893. The van der Waals surface area contributed by atoms with Crippen LogP contribution in [0.2, 0.25) is 0 Å². The molecular formula is C14H18N4O3S. The van der Waals surface area contributed by atoms with E-state index in [1.54, 1.807) is 18.3 Å². The van der Waals surface area contributed by atoms with Crippen molar-refractivity contribution < 1.29 is 14.7 Å². The Bertz CT molecular complexity index is 665. The first-order valence-electron chi connectivity index (χ1n) is 6.65. The van der Waals surface area contributed by atoms with Crippen LogP contribution >= 0.6 is 11.3 Å². The minimum atomic E-state index is -1.16. The van der Waals surface area contributed by atoms with E-state index in [0.29, 0.717) is 23.7 Å². The molecule has 2 aromatic rings. The second-order valence-electron chi connectivity index (χ2n) is 5.25. The fourth-order valence-electron chi connectivity index (χ4n) is 2.27. The van der Waals surface area contributed by atoms with Crippen LogP contribution in [0.25, 0.3) is 0 Å². The lowest BCUT2D eigenvalue weighted by atomic mass is 9.80. The molecule has 2 aromatic heterocycles. The van der Waals surface area contributed by atoms with Gasteiger partial charge >= 0.3 is 5.97 Å². The molecule has 0 radical (unpaired) electrons. The second kappa shape index (κ2) is 6.29. The third-order valence-corrected chi connectivity index (χ3v) is 4.50. The van der Waals surface area contributed by atoms with Crippen molar-refractivity contribution in [3.05, 3.63) is 40.1 Å². The third-order valence-electron chi connectivity index (χ3n) is 3.50. The number of aromatic amines is 1. The maximum absolute atomic E-state index is 12.3. The molecule has 8 heteroatoms. The van der Waals surface area contributed by atoms with Crippen LogP contribution in [0.3, 0.4) is 0 Å². The molecule has 7 nitrogen and oxygen atoms in total. The average Bonchev–Trinajstić information content (AvgIpc) is 3.10. The molecule has 2 heterocycles. The molecule has 22 heavy (non-hydrogen) atoms. The lowest BCUT2D eigenvalue weighted by Gasteiger charge is -2.29. The fraction of sp³-hybridized carbons (Fsp3) is 0.357. The summed E-state index contributed by atoms with van der Waals surface area (Å²) in [7, 11) is 3.79. The summed E-state index contributed by atoms with van der Waals surface area (Å²) in [4.78, 5) is 32.5. The van der Waals surface area contributed by atoms with Crippen LogP contribution in [0.15, 0.2) is 23.7 Å². The minimum absolute atomic E-state index is 0.0814. The first-order chi connectivity index (χ1) is 10.4. The second-order valence-corrected chi connectivity index (χ2v) is 6.11. The van der Waals surface area contributed by atoms with Gasteiger partial charge in [0.15, 0.2) is 5.69 Å². The van der Waals surface area contributed by atoms with E-state index in [4.69, 9.17) is 10.8 Å². The van der Waals surface area contributed by atoms with Gasteiger partial charge in [-0.3, -0.25) is 4.79 Å². The Labute approximate surface area is 131 Å². The highest BCUT2D eigenvalue weighted by molar-refractivity contribution is 7.10. The molecule has 1 amide bonds. The first-order valence-corrected chi connectivity index (χ1v) is 7.53. The van der Waals surface area contributed by atoms with Gasteiger partial charge in [-0.05, 0) is 39.2 Å². The van der Waals surface area contributed by atoms with E-state index in [2.05, 4.69) is 9.97 Å². The standard InChI is InChI=1S/C14H18N4O3S/c1-18(2)7-5-14(12(15)21,10-4-3-6-16-10)13-17-9(8-22-13)11(19)20/h3-4,6,8,16H,5,7H2,1-2H3,(H2,15,21)(H,19,20). The molecule has 0 aliphatic rings. The number of carboxylic acid groups (broad SMARTS) is 1. The summed E-state index contributed by atoms with van der Waals surface area (Å²) >= 11 is 1.13. The van der Waals surface area contributed by atoms with Gasteiger partial charge < -0.3 is 20.7 Å². The van der Waals surface area contributed by atoms with Crippen molar-refractivity contribution in [3.63, 3.8) is 0 Å². The highest BCUT2D eigenvalue weighted by Crippen LogP contribution is 2.36. The third kappa shape index (κ3) is 2.88. The number of primary amides is 1. The topological polar surface area (TPSA) is 112 Å². The van der Waals surface area contributed by atoms with Crippen LogP contribution < -0.4 is 5.73 Å². The van der Waals surface area contributed by atoms with Gasteiger partial charge in [-0.1, -0.05) is 0 Å². The van der Waals surface area contributed by atoms with Crippen molar-refractivity contribution in [1.82, 2.24) is 14.9 Å². The summed E-state index contributed by atoms with van der Waals surface area (Å²) in [6.45, 7) is 0.601. The molecular weight excluding hydrogens is 304 g/mol. The van der Waals surface area contributed by atoms with Crippen LogP contribution in [0.1, 0.15) is 27.6 Å². The lowest BCUT2D eigenvalue weighted by Crippen LogP contribution is -2.44. The number of nitrogens with one attached hydrogen (secondary N) is 1. The minimum Gasteiger partial charge on any atom is -0.476 e. The van der Waals surface area contributed by atoms with Gasteiger partial charge in [0.1, 0.15) is 10.4 Å². The molecule has 0 bridgehead atoms. The highest BCUT2D eigenvalue weighted by atomic mass is 32.1. The van der Waals surface area contributed by atoms with Gasteiger partial charge in [-0.2, -0.15) is 0 Å². The summed E-state index contributed by atoms with van der Waals surface area (Å²) in [5, 5.41) is 10.9. The van der Waals surface area contributed by atoms with Gasteiger partial charge in [0, 0.05) is 17.3 Å². The number of nitrogens with zero attached hydrogens (tertiary/aromatic N) is 2. The number of rotatable bonds is 7. The maximum atomic E-state index is 12.3. The number of thiazole rings is 1. The zero-order chi connectivity index (χ0) is 16.3. The summed E-state index contributed by atoms with van der Waals surface area (Å²) < 4.78 is 0. The number of carbonyl (C=O) groups is 2. The summed E-state index contributed by atoms with van der Waals surface area (Å²) in [5.74, 6) is -1.68. The number of hydrogen-bond acceptors (Lipinski definition) is 5. The normalized spacial score (nSPS) is 14.0. The van der Waals surface area contributed by atoms with E-state index < -0.39 is 17.3 Å². The van der Waals surface area contributed by atoms with Crippen molar-refractivity contribution in [2.24, 2.45) is 5.73 Å². The van der Waals surface area contributed by atoms with Crippen LogP contribution in [-0.2, 0) is 10.2 Å². The first kappa shape index (κ1) is 16.2. The summed E-state index contributed by atoms with van der Waals surface area (Å²) in [5.41, 5.74) is 5.08. The molecule has 1 unspecified atom stereocenters. The number of carboxylic acids is 1. The van der Waals surface area contributed by atoms with Gasteiger partial charge in [-0.25, -0.2) is 9.78 Å². The lowest BCUT2D eigenvalue weighted by molar-refractivity contribution is -0.122. The van der Waals surface area contributed by atoms with Crippen LogP contribution in [-0.4, -0.2) is 52.5 Å². The van der Waals surface area contributed by atoms with E-state index in [1.807, 2.05) is 19.0 Å². The molecule has 118 valence electrons. The Kier molecular flexibility index (Phi) is 4.62. The molecule has 0 fully saturated rings. The quantitative estimate of drug-likeness (QED) is 0.701. The predicted molar refractivity (Wildman–Crippen MR) is 83.0 cm³/mol. The molecule has 0 aliphatic carbocycles. The molecule has 4 N–H and O–H groups in total. The van der Waals surface area contributed by atoms with Crippen LogP contribution in [0.5, 0.6) is 0 Å². The van der Waals surface area contributed by atoms with Crippen LogP contribution in [0.4, 0.5) is 0 Å². The number of amides is 1. The molecule has 1 atom stereocenters. The van der Waals surface area contributed by atoms with E-state index in [1.165, 1.54) is 5.38 Å². The molecule has 2 rings (SSSR count). The Morgan fingerprint density at radius 1 is 1.50 bits per heavy atom. The number of nitrogens with two attached hydrogens (primary N) is 1. The number of aromatic carboxylic acids is 1. The molecule has 0 spiro atoms. The number of aromatic nitrogens is 2. The zero-order valence-corrected chi connectivity index (χ0v) is 13.2. The molecule has 0 saturated carbocycles. The zero-order valence-electron chi connectivity index (χ0n) is 12.4. The monoisotopic (exact) mass is 322 g/mol. The van der Waals surface area contributed by atoms with E-state index >= 15 is 0 Å². The highest BCUT2D eigenvalue weighted by Gasteiger charge is 2.44. The van der Waals surface area contributed by atoms with Crippen molar-refractivity contribution in [2.75, 3.05) is 20.6 Å². The number of hydrogen-bond donors (Lipinski definition) is 3. The smallest absolute Gasteiger partial charge is 0.355 e. The van der Waals surface area contributed by atoms with E-state index in [0.717, 1.165) is 11.3 Å². The Morgan fingerprint density at radius 3 is 2.68 bits per heavy atom. The Morgan fingerprint density at radius 2 is 2.23 bits per heavy atom. The summed E-state index contributed by atoms with van der Waals surface area (Å²) in [6.07, 6.45) is 2.11. The van der Waals surface area contributed by atoms with Crippen molar-refractivity contribution in [3.8, 4) is 0 Å². The Hall–Kier alpha value is -2.19. The molecule has 0 aromatic carbocycles. The van der Waals surface area contributed by atoms with Gasteiger partial charge in [0.05, 0.1) is 0 Å². The molecule has 0 saturated heterocycles. The summed E-state index contributed by atoms with van der Waals surface area (Å²) in [6, 6.07) is 3.54. The fourth-order valence-corrected chi connectivity index (χ4v) is 3.31. The van der Waals surface area contributed by atoms with Crippen molar-refractivity contribution in [1.29, 1.82) is 0 Å². The van der Waals surface area contributed by atoms with Crippen LogP contribution in [0, 0.1) is 0 Å². The SMILES string of the molecule is CN(C)CCC(C(N)=O)(c1ccc[nH]1)c1nc(C(=O)O)cs1. The van der Waals surface area contributed by atoms with Gasteiger partial charge in [-0.15, -0.1) is 11.3 Å². The largest absolute Gasteiger partial charge is 0.476 e. The van der Waals surface area contributed by atoms with Gasteiger partial charge in [0.25, 0.3) is 0 Å². The van der Waals surface area contributed by atoms with Crippen molar-refractivity contribution >= 4 is 23.2 Å².